The maximum atomic E-state index is 10.6. The highest BCUT2D eigenvalue weighted by molar-refractivity contribution is 6.36. The predicted octanol–water partition coefficient (Wildman–Crippen LogP) is 3.10. The second-order valence-corrected chi connectivity index (χ2v) is 6.07. The van der Waals surface area contributed by atoms with E-state index in [9.17, 15) is 5.11 Å². The van der Waals surface area contributed by atoms with Gasteiger partial charge in [0.05, 0.1) is 23.7 Å². The van der Waals surface area contributed by atoms with Gasteiger partial charge < -0.3 is 5.11 Å². The Morgan fingerprint density at radius 1 is 1.04 bits per heavy atom. The molecule has 0 saturated heterocycles. The molecule has 0 aliphatic carbocycles. The summed E-state index contributed by atoms with van der Waals surface area (Å²) >= 11 is 6.39. The Labute approximate surface area is 144 Å². The number of fused-ring (bicyclic) bond motifs is 3. The Kier molecular flexibility index (Phi) is 3.67. The van der Waals surface area contributed by atoms with E-state index in [1.54, 1.807) is 11.8 Å². The van der Waals surface area contributed by atoms with Crippen molar-refractivity contribution in [1.82, 2.24) is 0 Å². The molecule has 120 valence electrons. The molecule has 4 rings (SSSR count). The van der Waals surface area contributed by atoms with Crippen LogP contribution in [0.2, 0.25) is 5.02 Å². The van der Waals surface area contributed by atoms with Crippen LogP contribution in [0.25, 0.3) is 0 Å². The number of benzene rings is 2. The van der Waals surface area contributed by atoms with Crippen molar-refractivity contribution in [3.63, 3.8) is 0 Å². The van der Waals surface area contributed by atoms with Crippen LogP contribution in [0.1, 0.15) is 18.1 Å². The van der Waals surface area contributed by atoms with E-state index >= 15 is 0 Å². The van der Waals surface area contributed by atoms with Gasteiger partial charge in [0.25, 0.3) is 0 Å². The highest BCUT2D eigenvalue weighted by atomic mass is 35.5. The zero-order chi connectivity index (χ0) is 16.7. The van der Waals surface area contributed by atoms with E-state index in [2.05, 4.69) is 10.2 Å². The number of para-hydroxylation sites is 1. The smallest absolute Gasteiger partial charge is 0.173 e. The van der Waals surface area contributed by atoms with Gasteiger partial charge in [0.15, 0.2) is 12.1 Å². The van der Waals surface area contributed by atoms with E-state index in [0.29, 0.717) is 23.1 Å². The van der Waals surface area contributed by atoms with Gasteiger partial charge >= 0.3 is 0 Å². The van der Waals surface area contributed by atoms with Crippen LogP contribution in [0.5, 0.6) is 0 Å². The Morgan fingerprint density at radius 2 is 1.75 bits per heavy atom. The normalized spacial score (nSPS) is 19.5. The van der Waals surface area contributed by atoms with Crippen LogP contribution in [0, 0.1) is 0 Å². The topological polar surface area (TPSA) is 60.5 Å². The fraction of sp³-hybridized carbons (Fsp3) is 0.167. The fourth-order valence-corrected chi connectivity index (χ4v) is 3.17. The minimum absolute atomic E-state index is 0.322. The van der Waals surface area contributed by atoms with Gasteiger partial charge in [-0.05, 0) is 19.1 Å². The van der Waals surface area contributed by atoms with E-state index in [4.69, 9.17) is 16.6 Å². The third-order valence-corrected chi connectivity index (χ3v) is 4.48. The fourth-order valence-electron chi connectivity index (χ4n) is 2.95. The van der Waals surface area contributed by atoms with E-state index in [1.807, 2.05) is 48.5 Å². The van der Waals surface area contributed by atoms with Crippen LogP contribution in [0.15, 0.2) is 63.7 Å². The summed E-state index contributed by atoms with van der Waals surface area (Å²) in [6.07, 6.45) is -0.848. The second kappa shape index (κ2) is 5.85. The highest BCUT2D eigenvalue weighted by Gasteiger charge is 2.32. The molecule has 2 aromatic carbocycles. The van der Waals surface area contributed by atoms with Crippen LogP contribution < -0.4 is 4.90 Å². The summed E-state index contributed by atoms with van der Waals surface area (Å²) in [5, 5.41) is 19.5. The van der Waals surface area contributed by atoms with Gasteiger partial charge in [-0.25, -0.2) is 0 Å². The largest absolute Gasteiger partial charge is 0.368 e. The molecular weight excluding hydrogens is 324 g/mol. The summed E-state index contributed by atoms with van der Waals surface area (Å²) in [4.78, 5) is 6.50. The van der Waals surface area contributed by atoms with Crippen LogP contribution in [-0.2, 0) is 0 Å². The number of halogens is 1. The number of aliphatic hydroxyl groups excluding tert-OH is 1. The van der Waals surface area contributed by atoms with E-state index < -0.39 is 6.23 Å². The Morgan fingerprint density at radius 3 is 2.54 bits per heavy atom. The van der Waals surface area contributed by atoms with E-state index in [0.717, 1.165) is 22.5 Å². The quantitative estimate of drug-likeness (QED) is 0.868. The lowest BCUT2D eigenvalue weighted by atomic mass is 10.00. The summed E-state index contributed by atoms with van der Waals surface area (Å²) in [6, 6.07) is 15.4. The molecule has 0 radical (unpaired) electrons. The molecule has 0 amide bonds. The van der Waals surface area contributed by atoms with Crippen molar-refractivity contribution >= 4 is 34.5 Å². The molecule has 1 N–H and O–H groups in total. The standard InChI is InChI=1S/C18H15ClN4O/c1-11-18(24)23-15-9-5-3-7-13(15)17(20-10-16(23)22-21-11)12-6-2-4-8-14(12)19/h2-9,18,24H,10H2,1H3. The number of amidine groups is 1. The van der Waals surface area contributed by atoms with E-state index in [-0.39, 0.29) is 0 Å². The van der Waals surface area contributed by atoms with Crippen molar-refractivity contribution in [1.29, 1.82) is 0 Å². The van der Waals surface area contributed by atoms with Crippen molar-refractivity contribution in [3.8, 4) is 0 Å². The van der Waals surface area contributed by atoms with Crippen molar-refractivity contribution < 1.29 is 5.11 Å². The van der Waals surface area contributed by atoms with Crippen molar-refractivity contribution in [3.05, 3.63) is 64.7 Å². The number of aliphatic imine (C=N–C) groups is 1. The lowest BCUT2D eigenvalue weighted by molar-refractivity contribution is 0.247. The molecule has 0 fully saturated rings. The monoisotopic (exact) mass is 338 g/mol. The molecule has 6 heteroatoms. The Hall–Kier alpha value is -2.50. The summed E-state index contributed by atoms with van der Waals surface area (Å²) in [6.45, 7) is 2.08. The van der Waals surface area contributed by atoms with Crippen LogP contribution in [0.3, 0.4) is 0 Å². The van der Waals surface area contributed by atoms with Gasteiger partial charge in [-0.15, -0.1) is 5.10 Å². The molecule has 2 aliphatic rings. The first-order chi connectivity index (χ1) is 11.7. The summed E-state index contributed by atoms with van der Waals surface area (Å²) in [5.41, 5.74) is 3.95. The number of hydrogen-bond acceptors (Lipinski definition) is 5. The average Bonchev–Trinajstić information content (AvgIpc) is 2.76. The first-order valence-corrected chi connectivity index (χ1v) is 8.01. The molecule has 0 bridgehead atoms. The molecule has 5 nitrogen and oxygen atoms in total. The van der Waals surface area contributed by atoms with Crippen LogP contribution in [0.4, 0.5) is 5.69 Å². The van der Waals surface area contributed by atoms with Gasteiger partial charge in [0.2, 0.25) is 0 Å². The van der Waals surface area contributed by atoms with Crippen molar-refractivity contribution in [2.24, 2.45) is 15.2 Å². The zero-order valence-corrected chi connectivity index (χ0v) is 13.8. The van der Waals surface area contributed by atoms with Crippen molar-refractivity contribution in [2.45, 2.75) is 13.2 Å². The van der Waals surface area contributed by atoms with Gasteiger partial charge in [0, 0.05) is 16.1 Å². The zero-order valence-electron chi connectivity index (χ0n) is 13.0. The predicted molar refractivity (Wildman–Crippen MR) is 97.4 cm³/mol. The molecule has 1 atom stereocenters. The number of anilines is 1. The minimum Gasteiger partial charge on any atom is -0.368 e. The number of hydrogen-bond donors (Lipinski definition) is 1. The summed E-state index contributed by atoms with van der Waals surface area (Å²) in [5.74, 6) is 0.614. The molecular formula is C18H15ClN4O. The number of rotatable bonds is 1. The summed E-state index contributed by atoms with van der Waals surface area (Å²) in [7, 11) is 0. The number of aliphatic hydroxyl groups is 1. The molecule has 2 aromatic rings. The van der Waals surface area contributed by atoms with E-state index in [1.165, 1.54) is 0 Å². The maximum absolute atomic E-state index is 10.6. The minimum atomic E-state index is -0.848. The first-order valence-electron chi connectivity index (χ1n) is 7.64. The van der Waals surface area contributed by atoms with Gasteiger partial charge in [-0.3, -0.25) is 9.89 Å². The molecule has 2 heterocycles. The van der Waals surface area contributed by atoms with Crippen LogP contribution in [-0.4, -0.2) is 35.1 Å². The lowest BCUT2D eigenvalue weighted by Crippen LogP contribution is -2.47. The maximum Gasteiger partial charge on any atom is 0.173 e. The van der Waals surface area contributed by atoms with Gasteiger partial charge in [0.1, 0.15) is 0 Å². The second-order valence-electron chi connectivity index (χ2n) is 5.66. The SMILES string of the molecule is CC1=NN=C2CN=C(c3ccccc3Cl)c3ccccc3N2C1O. The molecule has 2 aliphatic heterocycles. The third-order valence-electron chi connectivity index (χ3n) is 4.15. The third kappa shape index (κ3) is 2.33. The Balaban J connectivity index is 1.94. The number of nitrogens with zero attached hydrogens (tertiary/aromatic N) is 4. The first kappa shape index (κ1) is 15.1. The van der Waals surface area contributed by atoms with Crippen molar-refractivity contribution in [2.75, 3.05) is 11.4 Å². The molecule has 0 saturated carbocycles. The molecule has 24 heavy (non-hydrogen) atoms. The Bertz CT molecular complexity index is 903. The van der Waals surface area contributed by atoms with Crippen LogP contribution >= 0.6 is 11.6 Å². The molecule has 0 spiro atoms. The summed E-state index contributed by atoms with van der Waals surface area (Å²) < 4.78 is 0. The average molecular weight is 339 g/mol. The van der Waals surface area contributed by atoms with Gasteiger partial charge in [-0.2, -0.15) is 5.10 Å². The highest BCUT2D eigenvalue weighted by Crippen LogP contribution is 2.31. The van der Waals surface area contributed by atoms with Gasteiger partial charge in [-0.1, -0.05) is 48.0 Å². The molecule has 1 unspecified atom stereocenters. The molecule has 0 aromatic heterocycles. The lowest BCUT2D eigenvalue weighted by Gasteiger charge is -2.32.